The second-order valence-corrected chi connectivity index (χ2v) is 4.87. The van der Waals surface area contributed by atoms with E-state index in [1.165, 1.54) is 32.4 Å². The third-order valence-corrected chi connectivity index (χ3v) is 3.52. The fourth-order valence-electron chi connectivity index (χ4n) is 1.80. The second-order valence-electron chi connectivity index (χ2n) is 4.02. The van der Waals surface area contributed by atoms with Crippen LogP contribution in [0.3, 0.4) is 0 Å². The van der Waals surface area contributed by atoms with Crippen LogP contribution in [0.1, 0.15) is 15.9 Å². The molecule has 0 aliphatic carbocycles. The topological polar surface area (TPSA) is 35.5 Å². The van der Waals surface area contributed by atoms with Crippen LogP contribution in [0.5, 0.6) is 11.5 Å². The maximum atomic E-state index is 13.3. The van der Waals surface area contributed by atoms with Crippen molar-refractivity contribution in [2.45, 2.75) is 0 Å². The van der Waals surface area contributed by atoms with Gasteiger partial charge in [0.05, 0.1) is 19.8 Å². The standard InChI is InChI=1S/C15H12BrFO3/c1-19-10-4-5-11(14(8-10)20-2)15(18)12-7-9(17)3-6-13(12)16/h3-8H,1-2H3. The molecule has 2 aromatic rings. The van der Waals surface area contributed by atoms with E-state index in [1.807, 2.05) is 0 Å². The highest BCUT2D eigenvalue weighted by Gasteiger charge is 2.18. The first-order chi connectivity index (χ1) is 9.56. The molecule has 104 valence electrons. The lowest BCUT2D eigenvalue weighted by molar-refractivity contribution is 0.103. The first kappa shape index (κ1) is 14.5. The van der Waals surface area contributed by atoms with Gasteiger partial charge in [0.15, 0.2) is 5.78 Å². The number of rotatable bonds is 4. The Morgan fingerprint density at radius 2 is 1.80 bits per heavy atom. The van der Waals surface area contributed by atoms with E-state index in [0.717, 1.165) is 0 Å². The molecule has 0 saturated heterocycles. The van der Waals surface area contributed by atoms with E-state index in [1.54, 1.807) is 18.2 Å². The largest absolute Gasteiger partial charge is 0.497 e. The maximum absolute atomic E-state index is 13.3. The maximum Gasteiger partial charge on any atom is 0.197 e. The molecule has 2 aromatic carbocycles. The van der Waals surface area contributed by atoms with Gasteiger partial charge in [0.2, 0.25) is 0 Å². The number of ether oxygens (including phenoxy) is 2. The van der Waals surface area contributed by atoms with Gasteiger partial charge in [-0.25, -0.2) is 4.39 Å². The molecule has 0 aliphatic heterocycles. The third kappa shape index (κ3) is 2.82. The van der Waals surface area contributed by atoms with Crippen LogP contribution >= 0.6 is 15.9 Å². The average molecular weight is 339 g/mol. The van der Waals surface area contributed by atoms with Crippen LogP contribution in [-0.2, 0) is 0 Å². The molecule has 20 heavy (non-hydrogen) atoms. The van der Waals surface area contributed by atoms with Crippen LogP contribution in [0.2, 0.25) is 0 Å². The Kier molecular flexibility index (Phi) is 4.39. The molecule has 0 amide bonds. The molecular weight excluding hydrogens is 327 g/mol. The lowest BCUT2D eigenvalue weighted by Gasteiger charge is -2.10. The van der Waals surface area contributed by atoms with Crippen molar-refractivity contribution >= 4 is 21.7 Å². The van der Waals surface area contributed by atoms with Gasteiger partial charge in [-0.15, -0.1) is 0 Å². The van der Waals surface area contributed by atoms with Crippen LogP contribution in [0, 0.1) is 5.82 Å². The van der Waals surface area contributed by atoms with E-state index in [0.29, 0.717) is 21.5 Å². The summed E-state index contributed by atoms with van der Waals surface area (Å²) in [6.45, 7) is 0. The number of hydrogen-bond acceptors (Lipinski definition) is 3. The number of carbonyl (C=O) groups excluding carboxylic acids is 1. The first-order valence-corrected chi connectivity index (χ1v) is 6.58. The minimum atomic E-state index is -0.468. The first-order valence-electron chi connectivity index (χ1n) is 5.78. The van der Waals surface area contributed by atoms with Gasteiger partial charge in [0.1, 0.15) is 17.3 Å². The zero-order chi connectivity index (χ0) is 14.7. The number of ketones is 1. The molecule has 0 heterocycles. The van der Waals surface area contributed by atoms with E-state index in [4.69, 9.17) is 9.47 Å². The Morgan fingerprint density at radius 3 is 2.45 bits per heavy atom. The van der Waals surface area contributed by atoms with Crippen molar-refractivity contribution in [1.82, 2.24) is 0 Å². The Hall–Kier alpha value is -1.88. The fraction of sp³-hybridized carbons (Fsp3) is 0.133. The van der Waals surface area contributed by atoms with Crippen LogP contribution in [0.15, 0.2) is 40.9 Å². The van der Waals surface area contributed by atoms with Crippen LogP contribution in [-0.4, -0.2) is 20.0 Å². The highest BCUT2D eigenvalue weighted by molar-refractivity contribution is 9.10. The van der Waals surface area contributed by atoms with Crippen molar-refractivity contribution in [2.75, 3.05) is 14.2 Å². The van der Waals surface area contributed by atoms with Gasteiger partial charge in [-0.3, -0.25) is 4.79 Å². The van der Waals surface area contributed by atoms with Crippen molar-refractivity contribution in [3.05, 3.63) is 57.8 Å². The van der Waals surface area contributed by atoms with Gasteiger partial charge >= 0.3 is 0 Å². The highest BCUT2D eigenvalue weighted by atomic mass is 79.9. The number of hydrogen-bond donors (Lipinski definition) is 0. The van der Waals surface area contributed by atoms with Gasteiger partial charge in [-0.2, -0.15) is 0 Å². The van der Waals surface area contributed by atoms with Crippen molar-refractivity contribution in [1.29, 1.82) is 0 Å². The summed E-state index contributed by atoms with van der Waals surface area (Å²) in [5, 5.41) is 0. The van der Waals surface area contributed by atoms with Crippen LogP contribution in [0.4, 0.5) is 4.39 Å². The van der Waals surface area contributed by atoms with Crippen molar-refractivity contribution in [3.8, 4) is 11.5 Å². The quantitative estimate of drug-likeness (QED) is 0.794. The predicted molar refractivity (Wildman–Crippen MR) is 77.1 cm³/mol. The molecule has 0 saturated carbocycles. The SMILES string of the molecule is COc1ccc(C(=O)c2cc(F)ccc2Br)c(OC)c1. The predicted octanol–water partition coefficient (Wildman–Crippen LogP) is 3.84. The van der Waals surface area contributed by atoms with Crippen LogP contribution < -0.4 is 9.47 Å². The molecule has 0 bridgehead atoms. The lowest BCUT2D eigenvalue weighted by Crippen LogP contribution is -2.05. The van der Waals surface area contributed by atoms with Crippen LogP contribution in [0.25, 0.3) is 0 Å². The summed E-state index contributed by atoms with van der Waals surface area (Å²) in [7, 11) is 2.99. The Balaban J connectivity index is 2.50. The summed E-state index contributed by atoms with van der Waals surface area (Å²) in [5.74, 6) is 0.169. The summed E-state index contributed by atoms with van der Waals surface area (Å²) >= 11 is 3.25. The summed E-state index contributed by atoms with van der Waals surface area (Å²) < 4.78 is 24.1. The molecule has 5 heteroatoms. The Bertz CT molecular complexity index is 656. The van der Waals surface area contributed by atoms with Crippen molar-refractivity contribution < 1.29 is 18.7 Å². The molecule has 0 atom stereocenters. The number of benzene rings is 2. The number of carbonyl (C=O) groups is 1. The molecule has 0 aromatic heterocycles. The normalized spacial score (nSPS) is 10.2. The van der Waals surface area contributed by atoms with Crippen molar-refractivity contribution in [3.63, 3.8) is 0 Å². The summed E-state index contributed by atoms with van der Waals surface area (Å²) in [6, 6.07) is 8.83. The van der Waals surface area contributed by atoms with E-state index >= 15 is 0 Å². The molecular formula is C15H12BrFO3. The molecule has 0 unspecified atom stereocenters. The highest BCUT2D eigenvalue weighted by Crippen LogP contribution is 2.29. The van der Waals surface area contributed by atoms with E-state index in [9.17, 15) is 9.18 Å². The number of halogens is 2. The second kappa shape index (κ2) is 6.05. The third-order valence-electron chi connectivity index (χ3n) is 2.83. The lowest BCUT2D eigenvalue weighted by atomic mass is 10.0. The fourth-order valence-corrected chi connectivity index (χ4v) is 2.23. The zero-order valence-corrected chi connectivity index (χ0v) is 12.5. The monoisotopic (exact) mass is 338 g/mol. The van der Waals surface area contributed by atoms with E-state index in [2.05, 4.69) is 15.9 Å². The minimum absolute atomic E-state index is 0.244. The van der Waals surface area contributed by atoms with E-state index in [-0.39, 0.29) is 11.3 Å². The molecule has 0 spiro atoms. The minimum Gasteiger partial charge on any atom is -0.497 e. The van der Waals surface area contributed by atoms with Gasteiger partial charge in [0.25, 0.3) is 0 Å². The van der Waals surface area contributed by atoms with Crippen molar-refractivity contribution in [2.24, 2.45) is 0 Å². The van der Waals surface area contributed by atoms with Gasteiger partial charge in [0, 0.05) is 16.1 Å². The molecule has 2 rings (SSSR count). The molecule has 0 N–H and O–H groups in total. The summed E-state index contributed by atoms with van der Waals surface area (Å²) in [4.78, 5) is 12.5. The summed E-state index contributed by atoms with van der Waals surface area (Å²) in [6.07, 6.45) is 0. The molecule has 3 nitrogen and oxygen atoms in total. The molecule has 0 radical (unpaired) electrons. The molecule has 0 aliphatic rings. The van der Waals surface area contributed by atoms with Gasteiger partial charge < -0.3 is 9.47 Å². The van der Waals surface area contributed by atoms with E-state index < -0.39 is 5.82 Å². The van der Waals surface area contributed by atoms with Gasteiger partial charge in [-0.05, 0) is 30.3 Å². The summed E-state index contributed by atoms with van der Waals surface area (Å²) in [5.41, 5.74) is 0.591. The Morgan fingerprint density at radius 1 is 1.05 bits per heavy atom. The van der Waals surface area contributed by atoms with Gasteiger partial charge in [-0.1, -0.05) is 15.9 Å². The molecule has 0 fully saturated rings. The zero-order valence-electron chi connectivity index (χ0n) is 10.9. The Labute approximate surface area is 124 Å². The number of methoxy groups -OCH3 is 2. The smallest absolute Gasteiger partial charge is 0.197 e. The average Bonchev–Trinajstić information content (AvgIpc) is 2.48.